The summed E-state index contributed by atoms with van der Waals surface area (Å²) >= 11 is 0. The van der Waals surface area contributed by atoms with Crippen LogP contribution in [0.2, 0.25) is 0 Å². The van der Waals surface area contributed by atoms with Gasteiger partial charge in [0.25, 0.3) is 0 Å². The monoisotopic (exact) mass is 296 g/mol. The first-order valence-corrected chi connectivity index (χ1v) is 7.70. The number of likely N-dealkylation sites (tertiary alicyclic amines) is 1. The molecule has 1 saturated heterocycles. The van der Waals surface area contributed by atoms with E-state index in [1.165, 1.54) is 0 Å². The average molecular weight is 296 g/mol. The van der Waals surface area contributed by atoms with Gasteiger partial charge in [0.15, 0.2) is 0 Å². The first-order valence-electron chi connectivity index (χ1n) is 7.70. The quantitative estimate of drug-likeness (QED) is 0.943. The Morgan fingerprint density at radius 1 is 1.23 bits per heavy atom. The van der Waals surface area contributed by atoms with E-state index in [9.17, 15) is 9.59 Å². The molecule has 1 atom stereocenters. The molecule has 0 spiro atoms. The highest BCUT2D eigenvalue weighted by Gasteiger charge is 2.23. The second-order valence-electron chi connectivity index (χ2n) is 5.78. The highest BCUT2D eigenvalue weighted by molar-refractivity contribution is 5.88. The minimum absolute atomic E-state index is 0.0768. The maximum absolute atomic E-state index is 12.2. The predicted molar refractivity (Wildman–Crippen MR) is 86.3 cm³/mol. The van der Waals surface area contributed by atoms with Crippen molar-refractivity contribution in [3.8, 4) is 0 Å². The summed E-state index contributed by atoms with van der Waals surface area (Å²) in [5.41, 5.74) is 1.10. The smallest absolute Gasteiger partial charge is 0.240 e. The Morgan fingerprint density at radius 2 is 2.00 bits per heavy atom. The zero-order valence-corrected chi connectivity index (χ0v) is 12.7. The molecule has 1 aliphatic heterocycles. The van der Waals surface area contributed by atoms with Crippen molar-refractivity contribution < 1.29 is 9.59 Å². The Labute approximate surface area is 130 Å². The van der Waals surface area contributed by atoms with Gasteiger partial charge in [-0.15, -0.1) is 0 Å². The van der Waals surface area contributed by atoms with Gasteiger partial charge >= 0.3 is 0 Å². The summed E-state index contributed by atoms with van der Waals surface area (Å²) in [6, 6.07) is 14.2. The van der Waals surface area contributed by atoms with Crippen LogP contribution in [-0.4, -0.2) is 29.8 Å². The van der Waals surface area contributed by atoms with Gasteiger partial charge in [0.05, 0.1) is 12.6 Å². The number of carbonyl (C=O) groups excluding carboxylic acids is 2. The fourth-order valence-electron chi connectivity index (χ4n) is 3.04. The summed E-state index contributed by atoms with van der Waals surface area (Å²) in [5, 5.41) is 5.31. The fraction of sp³-hybridized carbons (Fsp3) is 0.333. The van der Waals surface area contributed by atoms with E-state index in [1.807, 2.05) is 31.2 Å². The number of nitrogens with one attached hydrogen (secondary N) is 1. The summed E-state index contributed by atoms with van der Waals surface area (Å²) in [7, 11) is 0. The van der Waals surface area contributed by atoms with Crippen LogP contribution in [0.4, 0.5) is 0 Å². The standard InChI is InChI=1S/C18H20N2O2/c1-13(19-17(21)12-20-11-5-10-18(20)22)15-9-4-7-14-6-2-3-8-16(14)15/h2-4,6-9,13H,5,10-12H2,1H3,(H,19,21). The maximum Gasteiger partial charge on any atom is 0.240 e. The number of rotatable bonds is 4. The fourth-order valence-corrected chi connectivity index (χ4v) is 3.04. The number of benzene rings is 2. The summed E-state index contributed by atoms with van der Waals surface area (Å²) in [6.07, 6.45) is 1.41. The number of hydrogen-bond donors (Lipinski definition) is 1. The number of fused-ring (bicyclic) bond motifs is 1. The van der Waals surface area contributed by atoms with Gasteiger partial charge in [-0.1, -0.05) is 42.5 Å². The van der Waals surface area contributed by atoms with Crippen LogP contribution in [0, 0.1) is 0 Å². The molecule has 1 aliphatic rings. The molecule has 0 radical (unpaired) electrons. The first-order chi connectivity index (χ1) is 10.6. The normalized spacial score (nSPS) is 16.0. The molecular weight excluding hydrogens is 276 g/mol. The van der Waals surface area contributed by atoms with Gasteiger partial charge in [0.2, 0.25) is 11.8 Å². The molecule has 0 aromatic heterocycles. The maximum atomic E-state index is 12.2. The third kappa shape index (κ3) is 2.96. The van der Waals surface area contributed by atoms with Gasteiger partial charge in [-0.25, -0.2) is 0 Å². The van der Waals surface area contributed by atoms with E-state index in [1.54, 1.807) is 4.90 Å². The van der Waals surface area contributed by atoms with Crippen molar-refractivity contribution in [2.45, 2.75) is 25.8 Å². The highest BCUT2D eigenvalue weighted by Crippen LogP contribution is 2.24. The third-order valence-electron chi connectivity index (χ3n) is 4.17. The molecule has 3 rings (SSSR count). The lowest BCUT2D eigenvalue weighted by Crippen LogP contribution is -2.38. The van der Waals surface area contributed by atoms with Gasteiger partial charge in [-0.3, -0.25) is 9.59 Å². The Bertz CT molecular complexity index is 706. The van der Waals surface area contributed by atoms with Gasteiger partial charge in [0.1, 0.15) is 0 Å². The minimum Gasteiger partial charge on any atom is -0.348 e. The lowest BCUT2D eigenvalue weighted by molar-refractivity contribution is -0.133. The Morgan fingerprint density at radius 3 is 2.77 bits per heavy atom. The third-order valence-corrected chi connectivity index (χ3v) is 4.17. The van der Waals surface area contributed by atoms with Crippen molar-refractivity contribution in [2.24, 2.45) is 0 Å². The number of nitrogens with zero attached hydrogens (tertiary/aromatic N) is 1. The molecular formula is C18H20N2O2. The van der Waals surface area contributed by atoms with E-state index in [2.05, 4.69) is 23.5 Å². The summed E-state index contributed by atoms with van der Waals surface area (Å²) in [6.45, 7) is 2.83. The predicted octanol–water partition coefficient (Wildman–Crippen LogP) is 2.64. The molecule has 1 fully saturated rings. The van der Waals surface area contributed by atoms with Gasteiger partial charge < -0.3 is 10.2 Å². The second-order valence-corrected chi connectivity index (χ2v) is 5.78. The van der Waals surface area contributed by atoms with Crippen LogP contribution in [0.25, 0.3) is 10.8 Å². The van der Waals surface area contributed by atoms with Crippen LogP contribution < -0.4 is 5.32 Å². The highest BCUT2D eigenvalue weighted by atomic mass is 16.2. The van der Waals surface area contributed by atoms with Crippen molar-refractivity contribution in [3.63, 3.8) is 0 Å². The van der Waals surface area contributed by atoms with Crippen LogP contribution in [0.15, 0.2) is 42.5 Å². The number of carbonyl (C=O) groups is 2. The molecule has 0 saturated carbocycles. The van der Waals surface area contributed by atoms with Crippen LogP contribution >= 0.6 is 0 Å². The SMILES string of the molecule is CC(NC(=O)CN1CCCC1=O)c1cccc2ccccc12. The lowest BCUT2D eigenvalue weighted by atomic mass is 10.00. The van der Waals surface area contributed by atoms with E-state index in [-0.39, 0.29) is 24.4 Å². The summed E-state index contributed by atoms with van der Waals surface area (Å²) in [4.78, 5) is 25.4. The molecule has 4 nitrogen and oxygen atoms in total. The van der Waals surface area contributed by atoms with Gasteiger partial charge in [-0.05, 0) is 29.7 Å². The molecule has 1 N–H and O–H groups in total. The summed E-state index contributed by atoms with van der Waals surface area (Å²) in [5.74, 6) is -0.0244. The van der Waals surface area contributed by atoms with Crippen LogP contribution in [0.3, 0.4) is 0 Å². The van der Waals surface area contributed by atoms with Crippen molar-refractivity contribution in [1.29, 1.82) is 0 Å². The largest absolute Gasteiger partial charge is 0.348 e. The molecule has 2 aromatic carbocycles. The molecule has 1 heterocycles. The average Bonchev–Trinajstić information content (AvgIpc) is 2.91. The molecule has 0 bridgehead atoms. The topological polar surface area (TPSA) is 49.4 Å². The summed E-state index contributed by atoms with van der Waals surface area (Å²) < 4.78 is 0. The van der Waals surface area contributed by atoms with Crippen molar-refractivity contribution >= 4 is 22.6 Å². The molecule has 22 heavy (non-hydrogen) atoms. The van der Waals surface area contributed by atoms with Crippen LogP contribution in [0.1, 0.15) is 31.4 Å². The van der Waals surface area contributed by atoms with E-state index in [0.29, 0.717) is 13.0 Å². The van der Waals surface area contributed by atoms with Crippen LogP contribution in [0.5, 0.6) is 0 Å². The molecule has 4 heteroatoms. The molecule has 2 amide bonds. The molecule has 0 aliphatic carbocycles. The zero-order chi connectivity index (χ0) is 15.5. The van der Waals surface area contributed by atoms with Crippen LogP contribution in [-0.2, 0) is 9.59 Å². The Balaban J connectivity index is 1.71. The number of hydrogen-bond acceptors (Lipinski definition) is 2. The Hall–Kier alpha value is -2.36. The molecule has 2 aromatic rings. The van der Waals surface area contributed by atoms with Gasteiger partial charge in [-0.2, -0.15) is 0 Å². The van der Waals surface area contributed by atoms with E-state index in [4.69, 9.17) is 0 Å². The second kappa shape index (κ2) is 6.18. The van der Waals surface area contributed by atoms with Gasteiger partial charge in [0, 0.05) is 13.0 Å². The van der Waals surface area contributed by atoms with Crippen molar-refractivity contribution in [1.82, 2.24) is 10.2 Å². The number of amides is 2. The van der Waals surface area contributed by atoms with E-state index < -0.39 is 0 Å². The lowest BCUT2D eigenvalue weighted by Gasteiger charge is -2.19. The van der Waals surface area contributed by atoms with Crippen molar-refractivity contribution in [3.05, 3.63) is 48.0 Å². The zero-order valence-electron chi connectivity index (χ0n) is 12.7. The van der Waals surface area contributed by atoms with E-state index in [0.717, 1.165) is 22.8 Å². The van der Waals surface area contributed by atoms with E-state index >= 15 is 0 Å². The Kier molecular flexibility index (Phi) is 4.09. The van der Waals surface area contributed by atoms with Crippen molar-refractivity contribution in [2.75, 3.05) is 13.1 Å². The first kappa shape index (κ1) is 14.6. The molecule has 1 unspecified atom stereocenters. The minimum atomic E-state index is -0.101. The molecule has 114 valence electrons.